The Labute approximate surface area is 154 Å². The predicted octanol–water partition coefficient (Wildman–Crippen LogP) is 2.34. The predicted molar refractivity (Wildman–Crippen MR) is 102 cm³/mol. The number of aromatic nitrogens is 1. The van der Waals surface area contributed by atoms with Crippen molar-refractivity contribution in [3.63, 3.8) is 0 Å². The van der Waals surface area contributed by atoms with E-state index in [0.717, 1.165) is 5.56 Å². The Morgan fingerprint density at radius 2 is 2.04 bits per heavy atom. The van der Waals surface area contributed by atoms with Gasteiger partial charge < -0.3 is 10.2 Å². The van der Waals surface area contributed by atoms with Crippen molar-refractivity contribution in [2.75, 3.05) is 23.4 Å². The normalized spacial score (nSPS) is 18.4. The highest BCUT2D eigenvalue weighted by Crippen LogP contribution is 2.20. The molecule has 1 aromatic heterocycles. The van der Waals surface area contributed by atoms with Gasteiger partial charge in [0.05, 0.1) is 11.5 Å². The van der Waals surface area contributed by atoms with E-state index < -0.39 is 9.84 Å². The lowest BCUT2D eigenvalue weighted by Gasteiger charge is -2.27. The van der Waals surface area contributed by atoms with Gasteiger partial charge in [0.25, 0.3) is 5.91 Å². The molecule has 2 aromatic rings. The summed E-state index contributed by atoms with van der Waals surface area (Å²) in [7, 11) is -3.03. The number of rotatable bonds is 6. The maximum atomic E-state index is 12.9. The van der Waals surface area contributed by atoms with Crippen LogP contribution < -0.4 is 5.32 Å². The van der Waals surface area contributed by atoms with Crippen LogP contribution >= 0.6 is 0 Å². The molecule has 0 bridgehead atoms. The number of carbonyl (C=O) groups is 1. The third kappa shape index (κ3) is 4.40. The van der Waals surface area contributed by atoms with Crippen LogP contribution in [0.3, 0.4) is 0 Å². The van der Waals surface area contributed by atoms with Crippen LogP contribution in [0.4, 0.5) is 5.82 Å². The number of amides is 1. The fraction of sp³-hybridized carbons (Fsp3) is 0.368. The molecule has 0 saturated carbocycles. The minimum absolute atomic E-state index is 0.0524. The van der Waals surface area contributed by atoms with E-state index in [1.165, 1.54) is 0 Å². The molecule has 1 saturated heterocycles. The molecule has 3 rings (SSSR count). The third-order valence-corrected chi connectivity index (χ3v) is 6.32. The van der Waals surface area contributed by atoms with E-state index in [1.54, 1.807) is 23.2 Å². The molecule has 6 nitrogen and oxygen atoms in total. The van der Waals surface area contributed by atoms with Gasteiger partial charge in [-0.1, -0.05) is 30.3 Å². The van der Waals surface area contributed by atoms with Crippen LogP contribution in [0.1, 0.15) is 29.3 Å². The molecule has 7 heteroatoms. The molecule has 1 aliphatic heterocycles. The van der Waals surface area contributed by atoms with Crippen molar-refractivity contribution in [3.8, 4) is 0 Å². The molecule has 1 atom stereocenters. The minimum atomic E-state index is -3.03. The van der Waals surface area contributed by atoms with Gasteiger partial charge in [-0.3, -0.25) is 4.79 Å². The number of hydrogen-bond acceptors (Lipinski definition) is 5. The molecule has 0 aliphatic carbocycles. The fourth-order valence-corrected chi connectivity index (χ4v) is 4.93. The summed E-state index contributed by atoms with van der Waals surface area (Å²) >= 11 is 0. The second kappa shape index (κ2) is 7.86. The molecular formula is C19H23N3O3S. The number of hydrogen-bond donors (Lipinski definition) is 1. The molecule has 138 valence electrons. The summed E-state index contributed by atoms with van der Waals surface area (Å²) in [4.78, 5) is 18.8. The van der Waals surface area contributed by atoms with Crippen molar-refractivity contribution < 1.29 is 13.2 Å². The summed E-state index contributed by atoms with van der Waals surface area (Å²) < 4.78 is 23.5. The van der Waals surface area contributed by atoms with Gasteiger partial charge in [0.1, 0.15) is 5.82 Å². The van der Waals surface area contributed by atoms with Gasteiger partial charge in [0.15, 0.2) is 9.84 Å². The molecule has 0 spiro atoms. The first-order valence-electron chi connectivity index (χ1n) is 8.74. The highest BCUT2D eigenvalue weighted by Gasteiger charge is 2.34. The van der Waals surface area contributed by atoms with E-state index in [0.29, 0.717) is 30.9 Å². The maximum Gasteiger partial charge on any atom is 0.254 e. The highest BCUT2D eigenvalue weighted by atomic mass is 32.2. The Morgan fingerprint density at radius 1 is 1.27 bits per heavy atom. The molecule has 1 fully saturated rings. The maximum absolute atomic E-state index is 12.9. The van der Waals surface area contributed by atoms with Gasteiger partial charge in [-0.25, -0.2) is 13.4 Å². The number of carbonyl (C=O) groups excluding carboxylic acids is 1. The van der Waals surface area contributed by atoms with Crippen LogP contribution in [0.15, 0.2) is 48.7 Å². The van der Waals surface area contributed by atoms with Crippen molar-refractivity contribution in [3.05, 3.63) is 59.8 Å². The van der Waals surface area contributed by atoms with Crippen LogP contribution in [0.5, 0.6) is 0 Å². The first-order valence-corrected chi connectivity index (χ1v) is 10.6. The fourth-order valence-electron chi connectivity index (χ4n) is 3.20. The number of benzene rings is 1. The monoisotopic (exact) mass is 373 g/mol. The number of nitrogens with one attached hydrogen (secondary N) is 1. The molecule has 1 aliphatic rings. The Balaban J connectivity index is 1.71. The second-order valence-corrected chi connectivity index (χ2v) is 8.65. The van der Waals surface area contributed by atoms with E-state index in [9.17, 15) is 13.2 Å². The zero-order valence-corrected chi connectivity index (χ0v) is 15.6. The molecule has 2 heterocycles. The summed E-state index contributed by atoms with van der Waals surface area (Å²) in [5.74, 6) is 0.674. The van der Waals surface area contributed by atoms with Gasteiger partial charge in [0, 0.05) is 30.9 Å². The van der Waals surface area contributed by atoms with Gasteiger partial charge >= 0.3 is 0 Å². The largest absolute Gasteiger partial charge is 0.366 e. The molecular weight excluding hydrogens is 350 g/mol. The molecule has 26 heavy (non-hydrogen) atoms. The summed E-state index contributed by atoms with van der Waals surface area (Å²) in [6.45, 7) is 2.97. The first kappa shape index (κ1) is 18.4. The van der Waals surface area contributed by atoms with E-state index in [2.05, 4.69) is 10.3 Å². The lowest BCUT2D eigenvalue weighted by molar-refractivity contribution is 0.0708. The van der Waals surface area contributed by atoms with Crippen molar-refractivity contribution in [2.24, 2.45) is 0 Å². The van der Waals surface area contributed by atoms with Crippen LogP contribution in [0, 0.1) is 0 Å². The SMILES string of the molecule is CCN(C(=O)c1ccnc(NCc2ccccc2)c1)C1CCS(=O)(=O)C1. The van der Waals surface area contributed by atoms with Crippen molar-refractivity contribution in [2.45, 2.75) is 25.9 Å². The molecule has 0 radical (unpaired) electrons. The minimum Gasteiger partial charge on any atom is -0.366 e. The Morgan fingerprint density at radius 3 is 2.69 bits per heavy atom. The number of sulfone groups is 1. The summed E-state index contributed by atoms with van der Waals surface area (Å²) in [6, 6.07) is 13.1. The zero-order chi connectivity index (χ0) is 18.6. The standard InChI is InChI=1S/C19H23N3O3S/c1-2-22(17-9-11-26(24,25)14-17)19(23)16-8-10-20-18(12-16)21-13-15-6-4-3-5-7-15/h3-8,10,12,17H,2,9,11,13-14H2,1H3,(H,20,21). The number of pyridine rings is 1. The quantitative estimate of drug-likeness (QED) is 0.841. The van der Waals surface area contributed by atoms with Crippen LogP contribution in [-0.2, 0) is 16.4 Å². The van der Waals surface area contributed by atoms with Gasteiger partial charge in [0.2, 0.25) is 0 Å². The summed E-state index contributed by atoms with van der Waals surface area (Å²) in [5.41, 5.74) is 1.64. The van der Waals surface area contributed by atoms with Crippen molar-refractivity contribution >= 4 is 21.6 Å². The van der Waals surface area contributed by atoms with E-state index in [-0.39, 0.29) is 23.5 Å². The zero-order valence-electron chi connectivity index (χ0n) is 14.8. The lowest BCUT2D eigenvalue weighted by Crippen LogP contribution is -2.41. The van der Waals surface area contributed by atoms with Gasteiger partial charge in [-0.15, -0.1) is 0 Å². The van der Waals surface area contributed by atoms with E-state index in [1.807, 2.05) is 37.3 Å². The van der Waals surface area contributed by atoms with E-state index in [4.69, 9.17) is 0 Å². The smallest absolute Gasteiger partial charge is 0.254 e. The van der Waals surface area contributed by atoms with E-state index >= 15 is 0 Å². The van der Waals surface area contributed by atoms with Crippen LogP contribution in [-0.4, -0.2) is 48.3 Å². The van der Waals surface area contributed by atoms with Gasteiger partial charge in [-0.2, -0.15) is 0 Å². The summed E-state index contributed by atoms with van der Waals surface area (Å²) in [6.07, 6.45) is 2.10. The Kier molecular flexibility index (Phi) is 5.56. The highest BCUT2D eigenvalue weighted by molar-refractivity contribution is 7.91. The lowest BCUT2D eigenvalue weighted by atomic mass is 10.1. The molecule has 1 aromatic carbocycles. The molecule has 1 N–H and O–H groups in total. The molecule has 1 unspecified atom stereocenters. The Hall–Kier alpha value is -2.41. The second-order valence-electron chi connectivity index (χ2n) is 6.42. The van der Waals surface area contributed by atoms with Crippen LogP contribution in [0.2, 0.25) is 0 Å². The third-order valence-electron chi connectivity index (χ3n) is 4.57. The van der Waals surface area contributed by atoms with Gasteiger partial charge in [-0.05, 0) is 31.0 Å². The average Bonchev–Trinajstić information content (AvgIpc) is 3.01. The first-order chi connectivity index (χ1) is 12.5. The van der Waals surface area contributed by atoms with Crippen LogP contribution in [0.25, 0.3) is 0 Å². The molecule has 1 amide bonds. The Bertz CT molecular complexity index is 869. The van der Waals surface area contributed by atoms with Crippen molar-refractivity contribution in [1.29, 1.82) is 0 Å². The summed E-state index contributed by atoms with van der Waals surface area (Å²) in [5, 5.41) is 3.22. The number of anilines is 1. The average molecular weight is 373 g/mol. The van der Waals surface area contributed by atoms with Crippen molar-refractivity contribution in [1.82, 2.24) is 9.88 Å². The topological polar surface area (TPSA) is 79.4 Å². The number of nitrogens with zero attached hydrogens (tertiary/aromatic N) is 2.